The highest BCUT2D eigenvalue weighted by atomic mass is 19.2. The number of methoxy groups -OCH3 is 1. The summed E-state index contributed by atoms with van der Waals surface area (Å²) in [5.41, 5.74) is 0.433. The molecular formula is C23H29F3O2. The Morgan fingerprint density at radius 3 is 2.32 bits per heavy atom. The molecule has 0 heterocycles. The summed E-state index contributed by atoms with van der Waals surface area (Å²) in [6.45, 7) is 17.1. The van der Waals surface area contributed by atoms with E-state index in [0.717, 1.165) is 12.5 Å². The average Bonchev–Trinajstić information content (AvgIpc) is 2.70. The van der Waals surface area contributed by atoms with E-state index >= 15 is 0 Å². The molecule has 1 rings (SSSR count). The Labute approximate surface area is 166 Å². The molecule has 2 nitrogen and oxygen atoms in total. The van der Waals surface area contributed by atoms with Crippen LogP contribution in [-0.2, 0) is 4.74 Å². The fourth-order valence-electron chi connectivity index (χ4n) is 2.26. The lowest BCUT2D eigenvalue weighted by molar-refractivity contribution is 0.307. The van der Waals surface area contributed by atoms with Gasteiger partial charge in [-0.05, 0) is 42.4 Å². The van der Waals surface area contributed by atoms with Crippen LogP contribution < -0.4 is 0 Å². The minimum Gasteiger partial charge on any atom is -0.505 e. The zero-order valence-corrected chi connectivity index (χ0v) is 16.8. The summed E-state index contributed by atoms with van der Waals surface area (Å²) in [7, 11) is 1.41. The third kappa shape index (κ3) is 7.91. The van der Waals surface area contributed by atoms with E-state index in [1.54, 1.807) is 6.08 Å². The molecule has 0 fully saturated rings. The first kappa shape index (κ1) is 25.3. The summed E-state index contributed by atoms with van der Waals surface area (Å²) in [5.74, 6) is -3.32. The van der Waals surface area contributed by atoms with Gasteiger partial charge in [-0.2, -0.15) is 4.39 Å². The third-order valence-electron chi connectivity index (χ3n) is 4.20. The molecule has 154 valence electrons. The van der Waals surface area contributed by atoms with Crippen molar-refractivity contribution in [3.63, 3.8) is 0 Å². The number of phenols is 1. The van der Waals surface area contributed by atoms with Gasteiger partial charge in [0.2, 0.25) is 5.82 Å². The number of ether oxygens (including phenoxy) is 1. The molecular weight excluding hydrogens is 365 g/mol. The number of rotatable bonds is 9. The van der Waals surface area contributed by atoms with Gasteiger partial charge in [0.1, 0.15) is 11.6 Å². The lowest BCUT2D eigenvalue weighted by atomic mass is 9.91. The summed E-state index contributed by atoms with van der Waals surface area (Å²) in [6, 6.07) is 2.42. The first-order valence-corrected chi connectivity index (χ1v) is 8.81. The summed E-state index contributed by atoms with van der Waals surface area (Å²) in [5, 5.41) is 9.12. The maximum atomic E-state index is 14.0. The van der Waals surface area contributed by atoms with Gasteiger partial charge in [0.15, 0.2) is 11.6 Å². The van der Waals surface area contributed by atoms with Crippen LogP contribution in [0.3, 0.4) is 0 Å². The van der Waals surface area contributed by atoms with E-state index in [1.165, 1.54) is 25.3 Å². The molecule has 0 saturated heterocycles. The number of allylic oxidation sites excluding steroid dienone is 4. The summed E-state index contributed by atoms with van der Waals surface area (Å²) in [4.78, 5) is 0. The van der Waals surface area contributed by atoms with Crippen LogP contribution in [-0.4, -0.2) is 12.2 Å². The highest BCUT2D eigenvalue weighted by molar-refractivity contribution is 5.52. The van der Waals surface area contributed by atoms with Gasteiger partial charge < -0.3 is 9.84 Å². The molecule has 0 aliphatic rings. The zero-order valence-electron chi connectivity index (χ0n) is 16.8. The van der Waals surface area contributed by atoms with E-state index < -0.39 is 23.2 Å². The van der Waals surface area contributed by atoms with Crippen LogP contribution in [0, 0.1) is 23.5 Å². The number of halogens is 3. The SMILES string of the molecule is C=C.C=C(/C=C(/F)C(=C)C(C)CCC(C)/C=C/c1ccc(O)c(F)c1F)OC. The van der Waals surface area contributed by atoms with Crippen molar-refractivity contribution < 1.29 is 23.0 Å². The minimum atomic E-state index is -1.26. The van der Waals surface area contributed by atoms with E-state index in [4.69, 9.17) is 9.84 Å². The van der Waals surface area contributed by atoms with Crippen LogP contribution in [0.1, 0.15) is 32.3 Å². The van der Waals surface area contributed by atoms with Gasteiger partial charge >= 0.3 is 0 Å². The predicted molar refractivity (Wildman–Crippen MR) is 110 cm³/mol. The van der Waals surface area contributed by atoms with Crippen LogP contribution in [0.25, 0.3) is 6.08 Å². The fourth-order valence-corrected chi connectivity index (χ4v) is 2.26. The molecule has 0 amide bonds. The quantitative estimate of drug-likeness (QED) is 0.275. The Balaban J connectivity index is 0.00000352. The maximum absolute atomic E-state index is 14.0. The van der Waals surface area contributed by atoms with Crippen LogP contribution in [0.5, 0.6) is 5.75 Å². The van der Waals surface area contributed by atoms with Crippen LogP contribution in [0.2, 0.25) is 0 Å². The lowest BCUT2D eigenvalue weighted by Crippen LogP contribution is -2.02. The molecule has 0 aromatic heterocycles. The molecule has 0 saturated carbocycles. The number of hydrogen-bond acceptors (Lipinski definition) is 2. The standard InChI is InChI=1S/C21H25F3O2.C2H4/c1-13(7-9-17-10-11-19(25)21(24)20(17)23)6-8-14(2)16(4)18(22)12-15(3)26-5;1-2/h7,9-14,25H,3-4,6,8H2,1-2,5H3;1-2H2/b9-7+,18-12+;. The van der Waals surface area contributed by atoms with Gasteiger partial charge in [0, 0.05) is 11.6 Å². The highest BCUT2D eigenvalue weighted by Crippen LogP contribution is 2.27. The monoisotopic (exact) mass is 394 g/mol. The number of phenolic OH excluding ortho intramolecular Hbond substituents is 1. The topological polar surface area (TPSA) is 29.5 Å². The average molecular weight is 394 g/mol. The molecule has 2 unspecified atom stereocenters. The Hall–Kier alpha value is -2.69. The number of benzene rings is 1. The molecule has 1 N–H and O–H groups in total. The van der Waals surface area contributed by atoms with Crippen molar-refractivity contribution in [3.05, 3.63) is 85.0 Å². The van der Waals surface area contributed by atoms with Gasteiger partial charge in [-0.3, -0.25) is 0 Å². The van der Waals surface area contributed by atoms with Gasteiger partial charge in [0.25, 0.3) is 0 Å². The number of hydrogen-bond donors (Lipinski definition) is 1. The highest BCUT2D eigenvalue weighted by Gasteiger charge is 2.14. The van der Waals surface area contributed by atoms with E-state index in [-0.39, 0.29) is 23.2 Å². The molecule has 2 atom stereocenters. The normalized spacial score (nSPS) is 13.4. The van der Waals surface area contributed by atoms with Crippen molar-refractivity contribution in [2.45, 2.75) is 26.7 Å². The van der Waals surface area contributed by atoms with E-state index in [0.29, 0.717) is 12.0 Å². The molecule has 0 aliphatic heterocycles. The van der Waals surface area contributed by atoms with Crippen LogP contribution in [0.4, 0.5) is 13.2 Å². The minimum absolute atomic E-state index is 0.0664. The van der Waals surface area contributed by atoms with Gasteiger partial charge in [-0.1, -0.05) is 39.2 Å². The first-order chi connectivity index (χ1) is 13.2. The predicted octanol–water partition coefficient (Wildman–Crippen LogP) is 7.11. The largest absolute Gasteiger partial charge is 0.505 e. The van der Waals surface area contributed by atoms with Crippen LogP contribution in [0.15, 0.2) is 67.8 Å². The molecule has 5 heteroatoms. The summed E-state index contributed by atoms with van der Waals surface area (Å²) in [6.07, 6.45) is 5.83. The maximum Gasteiger partial charge on any atom is 0.200 e. The second-order valence-electron chi connectivity index (χ2n) is 6.30. The summed E-state index contributed by atoms with van der Waals surface area (Å²) >= 11 is 0. The second-order valence-corrected chi connectivity index (χ2v) is 6.30. The van der Waals surface area contributed by atoms with Crippen molar-refractivity contribution in [1.82, 2.24) is 0 Å². The summed E-state index contributed by atoms with van der Waals surface area (Å²) < 4.78 is 45.8. The molecule has 0 aliphatic carbocycles. The Kier molecular flexibility index (Phi) is 11.4. The molecule has 0 bridgehead atoms. The first-order valence-electron chi connectivity index (χ1n) is 8.81. The molecule has 1 aromatic rings. The van der Waals surface area contributed by atoms with Crippen molar-refractivity contribution in [3.8, 4) is 5.75 Å². The van der Waals surface area contributed by atoms with E-state index in [9.17, 15) is 13.2 Å². The fraction of sp³-hybridized carbons (Fsp3) is 0.304. The lowest BCUT2D eigenvalue weighted by Gasteiger charge is -2.15. The van der Waals surface area contributed by atoms with E-state index in [2.05, 4.69) is 26.3 Å². The Morgan fingerprint density at radius 2 is 1.75 bits per heavy atom. The molecule has 0 spiro atoms. The second kappa shape index (κ2) is 12.7. The zero-order chi connectivity index (χ0) is 21.9. The van der Waals surface area contributed by atoms with Crippen molar-refractivity contribution >= 4 is 6.08 Å². The Bertz CT molecular complexity index is 736. The molecule has 1 aromatic carbocycles. The smallest absolute Gasteiger partial charge is 0.200 e. The van der Waals surface area contributed by atoms with Gasteiger partial charge in [0.05, 0.1) is 7.11 Å². The van der Waals surface area contributed by atoms with Crippen molar-refractivity contribution in [1.29, 1.82) is 0 Å². The van der Waals surface area contributed by atoms with Gasteiger partial charge in [-0.15, -0.1) is 13.2 Å². The molecule has 0 radical (unpaired) electrons. The Morgan fingerprint density at radius 1 is 1.14 bits per heavy atom. The van der Waals surface area contributed by atoms with Crippen molar-refractivity contribution in [2.24, 2.45) is 11.8 Å². The third-order valence-corrected chi connectivity index (χ3v) is 4.20. The van der Waals surface area contributed by atoms with Gasteiger partial charge in [-0.25, -0.2) is 8.78 Å². The van der Waals surface area contributed by atoms with Crippen LogP contribution >= 0.6 is 0 Å². The molecule has 28 heavy (non-hydrogen) atoms. The van der Waals surface area contributed by atoms with E-state index in [1.807, 2.05) is 13.8 Å². The van der Waals surface area contributed by atoms with Crippen molar-refractivity contribution in [2.75, 3.05) is 7.11 Å². The number of aromatic hydroxyl groups is 1.